The topological polar surface area (TPSA) is 21.3 Å². The number of ether oxygens (including phenoxy) is 1. The van der Waals surface area contributed by atoms with Gasteiger partial charge in [-0.1, -0.05) is 35.9 Å². The SMILES string of the molecule is CCOc1cccc2c1NCC(c1ccc(Cl)cc1)C2. The average molecular weight is 288 g/mol. The van der Waals surface area contributed by atoms with Crippen molar-refractivity contribution in [3.63, 3.8) is 0 Å². The van der Waals surface area contributed by atoms with Crippen LogP contribution in [0.25, 0.3) is 0 Å². The minimum Gasteiger partial charge on any atom is -0.492 e. The van der Waals surface area contributed by atoms with Crippen LogP contribution in [-0.4, -0.2) is 13.2 Å². The fraction of sp³-hybridized carbons (Fsp3) is 0.294. The summed E-state index contributed by atoms with van der Waals surface area (Å²) in [5, 5.41) is 4.31. The van der Waals surface area contributed by atoms with Gasteiger partial charge in [0, 0.05) is 17.5 Å². The number of hydrogen-bond donors (Lipinski definition) is 1. The third kappa shape index (κ3) is 2.61. The summed E-state index contributed by atoms with van der Waals surface area (Å²) < 4.78 is 5.68. The average Bonchev–Trinajstić information content (AvgIpc) is 2.48. The van der Waals surface area contributed by atoms with Crippen LogP contribution in [0.2, 0.25) is 5.02 Å². The molecule has 0 amide bonds. The van der Waals surface area contributed by atoms with Gasteiger partial charge in [-0.15, -0.1) is 0 Å². The van der Waals surface area contributed by atoms with Crippen molar-refractivity contribution in [2.45, 2.75) is 19.3 Å². The number of rotatable bonds is 3. The van der Waals surface area contributed by atoms with Gasteiger partial charge in [-0.05, 0) is 42.7 Å². The van der Waals surface area contributed by atoms with Crippen molar-refractivity contribution in [2.24, 2.45) is 0 Å². The van der Waals surface area contributed by atoms with Crippen LogP contribution in [0.1, 0.15) is 24.0 Å². The zero-order chi connectivity index (χ0) is 13.9. The summed E-state index contributed by atoms with van der Waals surface area (Å²) in [7, 11) is 0. The monoisotopic (exact) mass is 287 g/mol. The molecule has 1 atom stereocenters. The molecule has 0 saturated heterocycles. The Kier molecular flexibility index (Phi) is 3.83. The molecule has 104 valence electrons. The van der Waals surface area contributed by atoms with E-state index >= 15 is 0 Å². The Morgan fingerprint density at radius 1 is 1.20 bits per heavy atom. The predicted octanol–water partition coefficient (Wildman–Crippen LogP) is 4.49. The highest BCUT2D eigenvalue weighted by Crippen LogP contribution is 2.36. The maximum atomic E-state index is 5.96. The summed E-state index contributed by atoms with van der Waals surface area (Å²) in [6.45, 7) is 3.64. The zero-order valence-corrected chi connectivity index (χ0v) is 12.3. The van der Waals surface area contributed by atoms with E-state index in [0.717, 1.165) is 29.4 Å². The maximum absolute atomic E-state index is 5.96. The number of nitrogens with one attached hydrogen (secondary N) is 1. The van der Waals surface area contributed by atoms with E-state index in [2.05, 4.69) is 29.6 Å². The van der Waals surface area contributed by atoms with Crippen molar-refractivity contribution in [1.29, 1.82) is 0 Å². The second-order valence-electron chi connectivity index (χ2n) is 5.06. The molecule has 1 unspecified atom stereocenters. The fourth-order valence-corrected chi connectivity index (χ4v) is 2.88. The quantitative estimate of drug-likeness (QED) is 0.898. The lowest BCUT2D eigenvalue weighted by atomic mass is 9.88. The van der Waals surface area contributed by atoms with Gasteiger partial charge in [-0.25, -0.2) is 0 Å². The van der Waals surface area contributed by atoms with Gasteiger partial charge < -0.3 is 10.1 Å². The van der Waals surface area contributed by atoms with Crippen LogP contribution < -0.4 is 10.1 Å². The van der Waals surface area contributed by atoms with Crippen LogP contribution in [-0.2, 0) is 6.42 Å². The molecule has 0 aromatic heterocycles. The molecule has 0 fully saturated rings. The zero-order valence-electron chi connectivity index (χ0n) is 11.5. The minimum atomic E-state index is 0.483. The van der Waals surface area contributed by atoms with Gasteiger partial charge in [-0.2, -0.15) is 0 Å². The summed E-state index contributed by atoms with van der Waals surface area (Å²) in [6, 6.07) is 14.4. The van der Waals surface area contributed by atoms with Crippen LogP contribution in [0.4, 0.5) is 5.69 Å². The van der Waals surface area contributed by atoms with Crippen LogP contribution in [0, 0.1) is 0 Å². The third-order valence-corrected chi connectivity index (χ3v) is 4.00. The molecule has 0 bridgehead atoms. The van der Waals surface area contributed by atoms with Crippen molar-refractivity contribution in [2.75, 3.05) is 18.5 Å². The molecule has 3 rings (SSSR count). The largest absolute Gasteiger partial charge is 0.492 e. The summed E-state index contributed by atoms with van der Waals surface area (Å²) in [6.07, 6.45) is 1.03. The molecular weight excluding hydrogens is 270 g/mol. The molecule has 0 aliphatic carbocycles. The first-order valence-corrected chi connectivity index (χ1v) is 7.39. The van der Waals surface area contributed by atoms with Crippen molar-refractivity contribution < 1.29 is 4.74 Å². The summed E-state index contributed by atoms with van der Waals surface area (Å²) in [4.78, 5) is 0. The number of hydrogen-bond acceptors (Lipinski definition) is 2. The summed E-state index contributed by atoms with van der Waals surface area (Å²) in [5.74, 6) is 1.44. The Bertz CT molecular complexity index is 594. The smallest absolute Gasteiger partial charge is 0.142 e. The standard InChI is InChI=1S/C17H18ClNO/c1-2-20-16-5-3-4-13-10-14(11-19-17(13)16)12-6-8-15(18)9-7-12/h3-9,14,19H,2,10-11H2,1H3. The molecule has 2 nitrogen and oxygen atoms in total. The highest BCUT2D eigenvalue weighted by Gasteiger charge is 2.22. The molecular formula is C17H18ClNO. The van der Waals surface area contributed by atoms with Gasteiger partial charge in [0.1, 0.15) is 5.75 Å². The van der Waals surface area contributed by atoms with Gasteiger partial charge >= 0.3 is 0 Å². The normalized spacial score (nSPS) is 17.2. The van der Waals surface area contributed by atoms with Crippen molar-refractivity contribution in [3.05, 3.63) is 58.6 Å². The number of anilines is 1. The van der Waals surface area contributed by atoms with Crippen LogP contribution in [0.5, 0.6) is 5.75 Å². The van der Waals surface area contributed by atoms with Crippen LogP contribution in [0.15, 0.2) is 42.5 Å². The van der Waals surface area contributed by atoms with E-state index in [9.17, 15) is 0 Å². The van der Waals surface area contributed by atoms with Crippen molar-refractivity contribution in [3.8, 4) is 5.75 Å². The molecule has 0 spiro atoms. The number of fused-ring (bicyclic) bond motifs is 1. The molecule has 1 aliphatic heterocycles. The second kappa shape index (κ2) is 5.76. The van der Waals surface area contributed by atoms with Crippen molar-refractivity contribution in [1.82, 2.24) is 0 Å². The molecule has 3 heteroatoms. The van der Waals surface area contributed by atoms with Gasteiger partial charge in [-0.3, -0.25) is 0 Å². The number of benzene rings is 2. The molecule has 2 aromatic rings. The molecule has 20 heavy (non-hydrogen) atoms. The maximum Gasteiger partial charge on any atom is 0.142 e. The summed E-state index contributed by atoms with van der Waals surface area (Å²) in [5.41, 5.74) is 3.80. The van der Waals surface area contributed by atoms with E-state index in [1.807, 2.05) is 25.1 Å². The Morgan fingerprint density at radius 3 is 2.75 bits per heavy atom. The first-order valence-electron chi connectivity index (χ1n) is 7.02. The van der Waals surface area contributed by atoms with Crippen LogP contribution >= 0.6 is 11.6 Å². The Morgan fingerprint density at radius 2 is 2.00 bits per heavy atom. The second-order valence-corrected chi connectivity index (χ2v) is 5.49. The Labute approximate surface area is 124 Å². The molecule has 1 N–H and O–H groups in total. The van der Waals surface area contributed by atoms with E-state index in [0.29, 0.717) is 12.5 Å². The van der Waals surface area contributed by atoms with Gasteiger partial charge in [0.2, 0.25) is 0 Å². The molecule has 0 saturated carbocycles. The fourth-order valence-electron chi connectivity index (χ4n) is 2.76. The van der Waals surface area contributed by atoms with Crippen LogP contribution in [0.3, 0.4) is 0 Å². The first kappa shape index (κ1) is 13.3. The summed E-state index contributed by atoms with van der Waals surface area (Å²) >= 11 is 5.96. The molecule has 2 aromatic carbocycles. The molecule has 0 radical (unpaired) electrons. The number of halogens is 1. The van der Waals surface area contributed by atoms with E-state index in [4.69, 9.17) is 16.3 Å². The van der Waals surface area contributed by atoms with Gasteiger partial charge in [0.25, 0.3) is 0 Å². The van der Waals surface area contributed by atoms with E-state index in [-0.39, 0.29) is 0 Å². The van der Waals surface area contributed by atoms with Crippen molar-refractivity contribution >= 4 is 17.3 Å². The Hall–Kier alpha value is -1.67. The van der Waals surface area contributed by atoms with E-state index in [1.54, 1.807) is 0 Å². The highest BCUT2D eigenvalue weighted by molar-refractivity contribution is 6.30. The molecule has 1 heterocycles. The third-order valence-electron chi connectivity index (χ3n) is 3.75. The Balaban J connectivity index is 1.85. The lowest BCUT2D eigenvalue weighted by Gasteiger charge is -2.28. The first-order chi connectivity index (χ1) is 9.78. The van der Waals surface area contributed by atoms with Gasteiger partial charge in [0.05, 0.1) is 12.3 Å². The predicted molar refractivity (Wildman–Crippen MR) is 84.0 cm³/mol. The van der Waals surface area contributed by atoms with E-state index in [1.165, 1.54) is 11.1 Å². The highest BCUT2D eigenvalue weighted by atomic mass is 35.5. The lowest BCUT2D eigenvalue weighted by Crippen LogP contribution is -2.22. The lowest BCUT2D eigenvalue weighted by molar-refractivity contribution is 0.341. The van der Waals surface area contributed by atoms with Gasteiger partial charge in [0.15, 0.2) is 0 Å². The number of para-hydroxylation sites is 1. The molecule has 1 aliphatic rings. The minimum absolute atomic E-state index is 0.483. The van der Waals surface area contributed by atoms with E-state index < -0.39 is 0 Å².